The standard InChI is InChI=1S/C72H132O6/c1-4-7-10-13-16-19-22-25-27-28-29-30-31-32-33-34-35-36-37-38-39-40-41-42-43-45-47-50-53-56-59-62-65-71(74)77-68-69(67-76-70(73)64-61-58-55-52-49-46-24-21-18-15-12-9-6-3)78-72(75)66-63-60-57-54-51-48-44-26-23-20-17-14-11-8-5-2/h9,12,18,21,26,44,46,49,69H,4-8,10-11,13-17,19-20,22-25,27-43,45,47-48,50-68H2,1-3H3/b12-9-,21-18-,44-26-,49-46-. The lowest BCUT2D eigenvalue weighted by Crippen LogP contribution is -2.30. The summed E-state index contributed by atoms with van der Waals surface area (Å²) in [5.74, 6) is -0.902. The first kappa shape index (κ1) is 75.4. The van der Waals surface area contributed by atoms with Crippen LogP contribution in [0.5, 0.6) is 0 Å². The summed E-state index contributed by atoms with van der Waals surface area (Å²) in [4.78, 5) is 38.3. The number of allylic oxidation sites excluding steroid dienone is 8. The topological polar surface area (TPSA) is 78.9 Å². The van der Waals surface area contributed by atoms with Crippen molar-refractivity contribution >= 4 is 17.9 Å². The van der Waals surface area contributed by atoms with Gasteiger partial charge in [0.2, 0.25) is 0 Å². The quantitative estimate of drug-likeness (QED) is 0.0261. The van der Waals surface area contributed by atoms with Gasteiger partial charge in [-0.1, -0.05) is 326 Å². The smallest absolute Gasteiger partial charge is 0.306 e. The molecule has 0 amide bonds. The Labute approximate surface area is 486 Å². The summed E-state index contributed by atoms with van der Waals surface area (Å²) in [6.45, 7) is 6.54. The highest BCUT2D eigenvalue weighted by atomic mass is 16.6. The molecular weight excluding hydrogens is 961 g/mol. The average molecular weight is 1090 g/mol. The zero-order chi connectivity index (χ0) is 56.4. The van der Waals surface area contributed by atoms with Crippen molar-refractivity contribution in [1.29, 1.82) is 0 Å². The molecule has 0 spiro atoms. The maximum atomic E-state index is 12.9. The molecule has 456 valence electrons. The van der Waals surface area contributed by atoms with Gasteiger partial charge in [0.1, 0.15) is 13.2 Å². The van der Waals surface area contributed by atoms with Crippen molar-refractivity contribution in [3.63, 3.8) is 0 Å². The van der Waals surface area contributed by atoms with Gasteiger partial charge in [-0.2, -0.15) is 0 Å². The first-order valence-electron chi connectivity index (χ1n) is 34.6. The van der Waals surface area contributed by atoms with Gasteiger partial charge in [-0.25, -0.2) is 0 Å². The van der Waals surface area contributed by atoms with E-state index in [4.69, 9.17) is 14.2 Å². The molecule has 0 aromatic rings. The van der Waals surface area contributed by atoms with Gasteiger partial charge in [0.05, 0.1) is 0 Å². The predicted octanol–water partition coefficient (Wildman–Crippen LogP) is 23.7. The summed E-state index contributed by atoms with van der Waals surface area (Å²) in [6, 6.07) is 0. The number of carbonyl (C=O) groups is 3. The SMILES string of the molecule is CC/C=C\C/C=C\C/C=C\CCCCCC(=O)OCC(COC(=O)CCCCCCCCCCCCCCCCCCCCCCCCCCCCCCCCCC)OC(=O)CCCCCCC/C=C\CCCCCCCC. The Morgan fingerprint density at radius 2 is 0.500 bits per heavy atom. The van der Waals surface area contributed by atoms with Crippen LogP contribution >= 0.6 is 0 Å². The van der Waals surface area contributed by atoms with Crippen LogP contribution in [0.3, 0.4) is 0 Å². The maximum Gasteiger partial charge on any atom is 0.306 e. The maximum absolute atomic E-state index is 12.9. The van der Waals surface area contributed by atoms with E-state index < -0.39 is 6.10 Å². The van der Waals surface area contributed by atoms with Gasteiger partial charge in [-0.15, -0.1) is 0 Å². The Kier molecular flexibility index (Phi) is 64.6. The largest absolute Gasteiger partial charge is 0.462 e. The van der Waals surface area contributed by atoms with E-state index in [0.717, 1.165) is 96.3 Å². The van der Waals surface area contributed by atoms with E-state index in [0.29, 0.717) is 19.3 Å². The van der Waals surface area contributed by atoms with Crippen LogP contribution in [0.1, 0.15) is 374 Å². The van der Waals surface area contributed by atoms with E-state index >= 15 is 0 Å². The first-order valence-corrected chi connectivity index (χ1v) is 34.6. The molecule has 0 radical (unpaired) electrons. The lowest BCUT2D eigenvalue weighted by atomic mass is 10.0. The Morgan fingerprint density at radius 3 is 0.808 bits per heavy atom. The molecule has 0 aliphatic carbocycles. The van der Waals surface area contributed by atoms with Gasteiger partial charge in [-0.05, 0) is 77.0 Å². The number of rotatable bonds is 64. The zero-order valence-corrected chi connectivity index (χ0v) is 52.5. The van der Waals surface area contributed by atoms with Crippen molar-refractivity contribution in [2.24, 2.45) is 0 Å². The second kappa shape index (κ2) is 66.9. The van der Waals surface area contributed by atoms with Crippen molar-refractivity contribution in [3.05, 3.63) is 48.6 Å². The molecule has 1 atom stereocenters. The third kappa shape index (κ3) is 64.2. The van der Waals surface area contributed by atoms with Crippen molar-refractivity contribution in [3.8, 4) is 0 Å². The fourth-order valence-corrected chi connectivity index (χ4v) is 10.4. The molecule has 0 aromatic heterocycles. The van der Waals surface area contributed by atoms with Crippen LogP contribution in [0.15, 0.2) is 48.6 Å². The van der Waals surface area contributed by atoms with E-state index in [9.17, 15) is 14.4 Å². The van der Waals surface area contributed by atoms with Gasteiger partial charge in [-0.3, -0.25) is 14.4 Å². The van der Waals surface area contributed by atoms with E-state index in [2.05, 4.69) is 69.4 Å². The fraction of sp³-hybridized carbons (Fsp3) is 0.847. The van der Waals surface area contributed by atoms with Crippen LogP contribution in [-0.4, -0.2) is 37.2 Å². The lowest BCUT2D eigenvalue weighted by molar-refractivity contribution is -0.167. The average Bonchev–Trinajstić information content (AvgIpc) is 3.44. The van der Waals surface area contributed by atoms with Crippen molar-refractivity contribution in [2.45, 2.75) is 380 Å². The zero-order valence-electron chi connectivity index (χ0n) is 52.5. The first-order chi connectivity index (χ1) is 38.5. The summed E-state index contributed by atoms with van der Waals surface area (Å²) >= 11 is 0. The molecular formula is C72H132O6. The Balaban J connectivity index is 4.11. The van der Waals surface area contributed by atoms with Gasteiger partial charge in [0.25, 0.3) is 0 Å². The molecule has 6 nitrogen and oxygen atoms in total. The van der Waals surface area contributed by atoms with E-state index in [1.54, 1.807) is 0 Å². The summed E-state index contributed by atoms with van der Waals surface area (Å²) in [5, 5.41) is 0. The molecule has 0 aliphatic heterocycles. The van der Waals surface area contributed by atoms with Crippen molar-refractivity contribution in [1.82, 2.24) is 0 Å². The molecule has 0 rings (SSSR count). The van der Waals surface area contributed by atoms with Crippen LogP contribution in [0, 0.1) is 0 Å². The van der Waals surface area contributed by atoms with Crippen LogP contribution in [0.4, 0.5) is 0 Å². The number of carbonyl (C=O) groups excluding carboxylic acids is 3. The molecule has 0 aliphatic rings. The third-order valence-electron chi connectivity index (χ3n) is 15.6. The number of ether oxygens (including phenoxy) is 3. The monoisotopic (exact) mass is 1090 g/mol. The highest BCUT2D eigenvalue weighted by Crippen LogP contribution is 2.18. The predicted molar refractivity (Wildman–Crippen MR) is 339 cm³/mol. The second-order valence-electron chi connectivity index (χ2n) is 23.4. The number of hydrogen-bond acceptors (Lipinski definition) is 6. The third-order valence-corrected chi connectivity index (χ3v) is 15.6. The molecule has 0 saturated heterocycles. The Hall–Kier alpha value is -2.63. The van der Waals surface area contributed by atoms with Crippen LogP contribution < -0.4 is 0 Å². The molecule has 1 unspecified atom stereocenters. The van der Waals surface area contributed by atoms with Crippen LogP contribution in [-0.2, 0) is 28.6 Å². The van der Waals surface area contributed by atoms with Crippen LogP contribution in [0.25, 0.3) is 0 Å². The number of esters is 3. The minimum absolute atomic E-state index is 0.0825. The number of unbranched alkanes of at least 4 members (excludes halogenated alkanes) is 45. The Bertz CT molecular complexity index is 1350. The highest BCUT2D eigenvalue weighted by Gasteiger charge is 2.19. The van der Waals surface area contributed by atoms with Gasteiger partial charge < -0.3 is 14.2 Å². The van der Waals surface area contributed by atoms with Crippen molar-refractivity contribution < 1.29 is 28.6 Å². The summed E-state index contributed by atoms with van der Waals surface area (Å²) in [5.41, 5.74) is 0. The van der Waals surface area contributed by atoms with Crippen molar-refractivity contribution in [2.75, 3.05) is 13.2 Å². The van der Waals surface area contributed by atoms with E-state index in [-0.39, 0.29) is 31.1 Å². The second-order valence-corrected chi connectivity index (χ2v) is 23.4. The molecule has 0 bridgehead atoms. The summed E-state index contributed by atoms with van der Waals surface area (Å²) < 4.78 is 16.9. The lowest BCUT2D eigenvalue weighted by Gasteiger charge is -2.18. The van der Waals surface area contributed by atoms with E-state index in [1.165, 1.54) is 238 Å². The molecule has 0 N–H and O–H groups in total. The minimum atomic E-state index is -0.788. The minimum Gasteiger partial charge on any atom is -0.462 e. The molecule has 0 fully saturated rings. The fourth-order valence-electron chi connectivity index (χ4n) is 10.4. The molecule has 0 aromatic carbocycles. The molecule has 78 heavy (non-hydrogen) atoms. The number of hydrogen-bond donors (Lipinski definition) is 0. The summed E-state index contributed by atoms with van der Waals surface area (Å²) in [7, 11) is 0. The van der Waals surface area contributed by atoms with Gasteiger partial charge >= 0.3 is 17.9 Å². The molecule has 0 saturated carbocycles. The highest BCUT2D eigenvalue weighted by molar-refractivity contribution is 5.71. The summed E-state index contributed by atoms with van der Waals surface area (Å²) in [6.07, 6.45) is 84.5. The normalized spacial score (nSPS) is 12.3. The van der Waals surface area contributed by atoms with E-state index in [1.807, 2.05) is 0 Å². The van der Waals surface area contributed by atoms with Gasteiger partial charge in [0.15, 0.2) is 6.10 Å². The Morgan fingerprint density at radius 1 is 0.269 bits per heavy atom. The molecule has 0 heterocycles. The van der Waals surface area contributed by atoms with Crippen LogP contribution in [0.2, 0.25) is 0 Å². The van der Waals surface area contributed by atoms with Gasteiger partial charge in [0, 0.05) is 19.3 Å². The molecule has 6 heteroatoms.